The fourth-order valence-electron chi connectivity index (χ4n) is 5.63. The number of hydrogen-bond acceptors (Lipinski definition) is 4. The molecule has 0 aliphatic carbocycles. The quantitative estimate of drug-likeness (QED) is 0.298. The average molecular weight is 533 g/mol. The number of anilines is 1. The van der Waals surface area contributed by atoms with Crippen LogP contribution in [0.2, 0.25) is 0 Å². The number of hydrogen-bond donors (Lipinski definition) is 0. The van der Waals surface area contributed by atoms with Crippen molar-refractivity contribution >= 4 is 28.5 Å². The van der Waals surface area contributed by atoms with Crippen LogP contribution in [0.1, 0.15) is 51.0 Å². The minimum Gasteiger partial charge on any atom is -0.493 e. The smallest absolute Gasteiger partial charge is 0.324 e. The van der Waals surface area contributed by atoms with E-state index in [1.54, 1.807) is 7.11 Å². The van der Waals surface area contributed by atoms with Crippen LogP contribution in [-0.4, -0.2) is 66.2 Å². The molecule has 2 aliphatic rings. The molecule has 0 spiro atoms. The molecule has 208 valence electrons. The molecule has 0 unspecified atom stereocenters. The lowest BCUT2D eigenvalue weighted by Gasteiger charge is -2.36. The molecule has 0 bridgehead atoms. The van der Waals surface area contributed by atoms with Gasteiger partial charge < -0.3 is 23.8 Å². The highest BCUT2D eigenvalue weighted by molar-refractivity contribution is 5.93. The highest BCUT2D eigenvalue weighted by atomic mass is 16.5. The Balaban J connectivity index is 1.30. The van der Waals surface area contributed by atoms with Gasteiger partial charge in [-0.3, -0.25) is 9.69 Å². The number of unbranched alkanes of at least 4 members (excludes halogenated alkanes) is 2. The summed E-state index contributed by atoms with van der Waals surface area (Å²) in [7, 11) is 1.64. The van der Waals surface area contributed by atoms with E-state index in [9.17, 15) is 9.59 Å². The van der Waals surface area contributed by atoms with E-state index in [2.05, 4.69) is 25.1 Å². The molecule has 0 N–H and O–H groups in total. The SMILES string of the molecule is CCCCCOc1cc(N2CCCN(Cc3cccc4c3ccn4CC(=O)N3CCCC3)C2=O)ccc1OC. The number of likely N-dealkylation sites (tertiary alicyclic amines) is 1. The average Bonchev–Trinajstić information content (AvgIpc) is 3.64. The van der Waals surface area contributed by atoms with Crippen molar-refractivity contribution < 1.29 is 19.1 Å². The number of urea groups is 1. The number of aromatic nitrogens is 1. The van der Waals surface area contributed by atoms with Gasteiger partial charge >= 0.3 is 6.03 Å². The Morgan fingerprint density at radius 2 is 1.79 bits per heavy atom. The van der Waals surface area contributed by atoms with Gasteiger partial charge in [0.2, 0.25) is 5.91 Å². The highest BCUT2D eigenvalue weighted by Crippen LogP contribution is 2.34. The molecule has 0 radical (unpaired) electrons. The van der Waals surface area contributed by atoms with Crippen LogP contribution in [0.3, 0.4) is 0 Å². The zero-order valence-corrected chi connectivity index (χ0v) is 23.2. The van der Waals surface area contributed by atoms with E-state index in [4.69, 9.17) is 9.47 Å². The van der Waals surface area contributed by atoms with Crippen LogP contribution in [0.5, 0.6) is 11.5 Å². The number of methoxy groups -OCH3 is 1. The maximum Gasteiger partial charge on any atom is 0.324 e. The van der Waals surface area contributed by atoms with E-state index in [1.165, 1.54) is 0 Å². The van der Waals surface area contributed by atoms with Gasteiger partial charge in [-0.1, -0.05) is 31.9 Å². The van der Waals surface area contributed by atoms with Crippen LogP contribution in [-0.2, 0) is 17.9 Å². The van der Waals surface area contributed by atoms with Gasteiger partial charge in [0.15, 0.2) is 11.5 Å². The van der Waals surface area contributed by atoms with Crippen molar-refractivity contribution in [2.24, 2.45) is 0 Å². The topological polar surface area (TPSA) is 67.2 Å². The van der Waals surface area contributed by atoms with Gasteiger partial charge in [0.05, 0.1) is 13.7 Å². The summed E-state index contributed by atoms with van der Waals surface area (Å²) >= 11 is 0. The number of benzene rings is 2. The first kappa shape index (κ1) is 26.9. The van der Waals surface area contributed by atoms with Gasteiger partial charge in [-0.05, 0) is 55.5 Å². The van der Waals surface area contributed by atoms with Crippen molar-refractivity contribution in [2.45, 2.75) is 58.5 Å². The molecule has 3 heterocycles. The lowest BCUT2D eigenvalue weighted by molar-refractivity contribution is -0.130. The lowest BCUT2D eigenvalue weighted by atomic mass is 10.1. The zero-order valence-electron chi connectivity index (χ0n) is 23.2. The molecule has 8 heteroatoms. The van der Waals surface area contributed by atoms with E-state index in [0.29, 0.717) is 44.3 Å². The number of rotatable bonds is 11. The van der Waals surface area contributed by atoms with Gasteiger partial charge in [-0.15, -0.1) is 0 Å². The second kappa shape index (κ2) is 12.5. The first-order chi connectivity index (χ1) is 19.1. The van der Waals surface area contributed by atoms with E-state index in [0.717, 1.165) is 73.8 Å². The van der Waals surface area contributed by atoms with Crippen molar-refractivity contribution in [3.8, 4) is 11.5 Å². The predicted octanol–water partition coefficient (Wildman–Crippen LogP) is 5.67. The number of amides is 3. The largest absolute Gasteiger partial charge is 0.493 e. The van der Waals surface area contributed by atoms with Gasteiger partial charge in [-0.2, -0.15) is 0 Å². The number of fused-ring (bicyclic) bond motifs is 1. The third-order valence-corrected chi connectivity index (χ3v) is 7.81. The van der Waals surface area contributed by atoms with E-state index in [-0.39, 0.29) is 11.9 Å². The molecule has 0 saturated carbocycles. The lowest BCUT2D eigenvalue weighted by Crippen LogP contribution is -2.49. The van der Waals surface area contributed by atoms with Crippen LogP contribution in [0.25, 0.3) is 10.9 Å². The molecule has 2 aliphatic heterocycles. The van der Waals surface area contributed by atoms with Crippen molar-refractivity contribution in [1.29, 1.82) is 0 Å². The Kier molecular flexibility index (Phi) is 8.59. The van der Waals surface area contributed by atoms with Gasteiger partial charge in [0.25, 0.3) is 0 Å². The van der Waals surface area contributed by atoms with E-state index >= 15 is 0 Å². The predicted molar refractivity (Wildman–Crippen MR) is 154 cm³/mol. The number of nitrogens with zero attached hydrogens (tertiary/aromatic N) is 4. The van der Waals surface area contributed by atoms with Crippen molar-refractivity contribution in [3.63, 3.8) is 0 Å². The fraction of sp³-hybridized carbons (Fsp3) is 0.484. The molecule has 2 aromatic carbocycles. The Bertz CT molecular complexity index is 1300. The summed E-state index contributed by atoms with van der Waals surface area (Å²) < 4.78 is 13.6. The van der Waals surface area contributed by atoms with E-state index in [1.807, 2.05) is 49.7 Å². The van der Waals surface area contributed by atoms with Crippen LogP contribution in [0.15, 0.2) is 48.7 Å². The van der Waals surface area contributed by atoms with Crippen LogP contribution in [0.4, 0.5) is 10.5 Å². The Morgan fingerprint density at radius 3 is 2.59 bits per heavy atom. The standard InChI is InChI=1S/C31H40N4O4/c1-3-4-7-20-39-29-21-25(12-13-28(29)38-2)35-18-9-17-34(31(35)37)22-24-10-8-11-27-26(24)14-19-33(27)23-30(36)32-15-5-6-16-32/h8,10-14,19,21H,3-7,9,15-18,20,22-23H2,1-2H3. The van der Waals surface area contributed by atoms with Crippen LogP contribution < -0.4 is 14.4 Å². The summed E-state index contributed by atoms with van der Waals surface area (Å²) in [6.07, 6.45) is 8.29. The van der Waals surface area contributed by atoms with Crippen LogP contribution >= 0.6 is 0 Å². The van der Waals surface area contributed by atoms with Crippen molar-refractivity contribution in [2.75, 3.05) is 44.8 Å². The molecule has 0 atom stereocenters. The van der Waals surface area contributed by atoms with Crippen molar-refractivity contribution in [3.05, 3.63) is 54.2 Å². The first-order valence-corrected chi connectivity index (χ1v) is 14.3. The first-order valence-electron chi connectivity index (χ1n) is 14.3. The fourth-order valence-corrected chi connectivity index (χ4v) is 5.63. The molecule has 2 fully saturated rings. The Labute approximate surface area is 231 Å². The molecule has 3 amide bonds. The highest BCUT2D eigenvalue weighted by Gasteiger charge is 2.28. The second-order valence-corrected chi connectivity index (χ2v) is 10.5. The molecule has 5 rings (SSSR count). The molecule has 1 aromatic heterocycles. The Morgan fingerprint density at radius 1 is 0.949 bits per heavy atom. The minimum atomic E-state index is -0.0102. The van der Waals surface area contributed by atoms with Gasteiger partial charge in [-0.25, -0.2) is 4.79 Å². The maximum atomic E-state index is 13.7. The zero-order chi connectivity index (χ0) is 27.2. The summed E-state index contributed by atoms with van der Waals surface area (Å²) in [4.78, 5) is 32.1. The molecular formula is C31H40N4O4. The van der Waals surface area contributed by atoms with Crippen molar-refractivity contribution in [1.82, 2.24) is 14.4 Å². The van der Waals surface area contributed by atoms with Crippen LogP contribution in [0, 0.1) is 0 Å². The van der Waals surface area contributed by atoms with E-state index < -0.39 is 0 Å². The minimum absolute atomic E-state index is 0.0102. The number of carbonyl (C=O) groups is 2. The summed E-state index contributed by atoms with van der Waals surface area (Å²) in [5, 5.41) is 1.09. The van der Waals surface area contributed by atoms with Gasteiger partial charge in [0.1, 0.15) is 6.54 Å². The second-order valence-electron chi connectivity index (χ2n) is 10.5. The maximum absolute atomic E-state index is 13.7. The summed E-state index contributed by atoms with van der Waals surface area (Å²) in [5.41, 5.74) is 2.94. The third-order valence-electron chi connectivity index (χ3n) is 7.81. The Hall–Kier alpha value is -3.68. The number of carbonyl (C=O) groups excluding carboxylic acids is 2. The summed E-state index contributed by atoms with van der Waals surface area (Å²) in [6.45, 7) is 6.75. The molecular weight excluding hydrogens is 492 g/mol. The molecule has 3 aromatic rings. The summed E-state index contributed by atoms with van der Waals surface area (Å²) in [5.74, 6) is 1.52. The van der Waals surface area contributed by atoms with Gasteiger partial charge in [0, 0.05) is 61.6 Å². The molecule has 8 nitrogen and oxygen atoms in total. The monoisotopic (exact) mass is 532 g/mol. The normalized spacial score (nSPS) is 15.8. The molecule has 39 heavy (non-hydrogen) atoms. The number of ether oxygens (including phenoxy) is 2. The molecule has 2 saturated heterocycles. The third kappa shape index (κ3) is 6.00. The summed E-state index contributed by atoms with van der Waals surface area (Å²) in [6, 6.07) is 13.9.